The summed E-state index contributed by atoms with van der Waals surface area (Å²) in [5.74, 6) is 0.811. The van der Waals surface area contributed by atoms with Crippen LogP contribution < -0.4 is 15.5 Å². The Labute approximate surface area is 172 Å². The summed E-state index contributed by atoms with van der Waals surface area (Å²) in [4.78, 5) is 26.4. The normalized spacial score (nSPS) is 16.9. The van der Waals surface area contributed by atoms with Crippen molar-refractivity contribution in [3.8, 4) is 0 Å². The van der Waals surface area contributed by atoms with Crippen LogP contribution in [0.2, 0.25) is 10.0 Å². The molecule has 2 aromatic heterocycles. The highest BCUT2D eigenvalue weighted by atomic mass is 35.5. The summed E-state index contributed by atoms with van der Waals surface area (Å²) in [6, 6.07) is 7.32. The van der Waals surface area contributed by atoms with Gasteiger partial charge in [-0.15, -0.1) is 0 Å². The number of aromatic amines is 1. The van der Waals surface area contributed by atoms with Crippen molar-refractivity contribution in [1.29, 1.82) is 0 Å². The van der Waals surface area contributed by atoms with Crippen molar-refractivity contribution in [2.24, 2.45) is 0 Å². The number of hydrogen-bond acceptors (Lipinski definition) is 5. The number of hydrogen-bond donors (Lipinski definition) is 3. The predicted octanol–water partition coefficient (Wildman–Crippen LogP) is 3.46. The minimum atomic E-state index is -0.0858. The maximum absolute atomic E-state index is 12.4. The molecular weight excluding hydrogens is 399 g/mol. The van der Waals surface area contributed by atoms with Crippen LogP contribution >= 0.6 is 23.2 Å². The van der Waals surface area contributed by atoms with Crippen molar-refractivity contribution in [3.05, 3.63) is 46.8 Å². The minimum Gasteiger partial charge on any atom is -0.375 e. The number of nitrogens with one attached hydrogen (secondary N) is 3. The monoisotopic (exact) mass is 418 g/mol. The molecule has 0 radical (unpaired) electrons. The Bertz CT molecular complexity index is 991. The molecule has 3 N–H and O–H groups in total. The lowest BCUT2D eigenvalue weighted by atomic mass is 10.1. The van der Waals surface area contributed by atoms with E-state index in [1.165, 1.54) is 0 Å². The summed E-state index contributed by atoms with van der Waals surface area (Å²) in [6.45, 7) is 1.74. The van der Waals surface area contributed by atoms with Gasteiger partial charge in [-0.3, -0.25) is 4.79 Å². The molecule has 1 aromatic carbocycles. The zero-order chi connectivity index (χ0) is 19.5. The van der Waals surface area contributed by atoms with E-state index in [4.69, 9.17) is 23.2 Å². The molecule has 9 heteroatoms. The highest BCUT2D eigenvalue weighted by Gasteiger charge is 2.24. The number of H-pyrrole nitrogens is 1. The van der Waals surface area contributed by atoms with Crippen LogP contribution in [-0.2, 0) is 4.79 Å². The molecule has 28 heavy (non-hydrogen) atoms. The van der Waals surface area contributed by atoms with Crippen molar-refractivity contribution in [2.75, 3.05) is 29.9 Å². The first-order valence-electron chi connectivity index (χ1n) is 9.12. The minimum absolute atomic E-state index is 0.0573. The number of piperidine rings is 1. The second kappa shape index (κ2) is 8.24. The zero-order valence-electron chi connectivity index (χ0n) is 15.1. The van der Waals surface area contributed by atoms with E-state index >= 15 is 0 Å². The Morgan fingerprint density at radius 2 is 2.18 bits per heavy atom. The van der Waals surface area contributed by atoms with E-state index in [9.17, 15) is 4.79 Å². The number of rotatable bonds is 5. The van der Waals surface area contributed by atoms with Crippen LogP contribution in [0.15, 0.2) is 36.8 Å². The van der Waals surface area contributed by atoms with Crippen molar-refractivity contribution < 1.29 is 4.79 Å². The fraction of sp³-hybridized carbons (Fsp3) is 0.316. The molecule has 1 aliphatic heterocycles. The topological polar surface area (TPSA) is 85.9 Å². The maximum atomic E-state index is 12.4. The molecule has 1 saturated heterocycles. The first-order chi connectivity index (χ1) is 13.6. The second-order valence-electron chi connectivity index (χ2n) is 6.74. The van der Waals surface area contributed by atoms with Gasteiger partial charge < -0.3 is 20.5 Å². The van der Waals surface area contributed by atoms with E-state index in [0.717, 1.165) is 36.2 Å². The Morgan fingerprint density at radius 1 is 1.29 bits per heavy atom. The molecule has 0 unspecified atom stereocenters. The predicted molar refractivity (Wildman–Crippen MR) is 112 cm³/mol. The van der Waals surface area contributed by atoms with Crippen LogP contribution in [0.4, 0.5) is 11.5 Å². The smallest absolute Gasteiger partial charge is 0.239 e. The van der Waals surface area contributed by atoms with Gasteiger partial charge in [-0.25, -0.2) is 9.97 Å². The molecule has 3 heterocycles. The third-order valence-corrected chi connectivity index (χ3v) is 5.63. The van der Waals surface area contributed by atoms with Crippen LogP contribution in [0, 0.1) is 0 Å². The number of nitrogens with zero attached hydrogens (tertiary/aromatic N) is 3. The summed E-state index contributed by atoms with van der Waals surface area (Å²) < 4.78 is 0. The van der Waals surface area contributed by atoms with Crippen molar-refractivity contribution in [1.82, 2.24) is 20.3 Å². The SMILES string of the molecule is O=C(CNc1cccc(Cl)c1Cl)N[C@H]1CCCN(c2ncnc3[nH]ccc23)C1. The highest BCUT2D eigenvalue weighted by molar-refractivity contribution is 6.43. The molecule has 1 aliphatic rings. The number of benzene rings is 1. The Kier molecular flexibility index (Phi) is 5.54. The van der Waals surface area contributed by atoms with Crippen LogP contribution in [0.5, 0.6) is 0 Å². The van der Waals surface area contributed by atoms with E-state index in [0.29, 0.717) is 22.3 Å². The molecule has 1 amide bonds. The van der Waals surface area contributed by atoms with Gasteiger partial charge in [0.25, 0.3) is 0 Å². The Hall–Kier alpha value is -2.51. The fourth-order valence-corrected chi connectivity index (χ4v) is 3.86. The van der Waals surface area contributed by atoms with Gasteiger partial charge in [0.05, 0.1) is 27.7 Å². The zero-order valence-corrected chi connectivity index (χ0v) is 16.6. The van der Waals surface area contributed by atoms with Gasteiger partial charge in [-0.05, 0) is 31.0 Å². The maximum Gasteiger partial charge on any atom is 0.239 e. The van der Waals surface area contributed by atoms with Gasteiger partial charge in [0.2, 0.25) is 5.91 Å². The molecule has 0 bridgehead atoms. The summed E-state index contributed by atoms with van der Waals surface area (Å²) in [5.41, 5.74) is 1.46. The van der Waals surface area contributed by atoms with Gasteiger partial charge in [0.15, 0.2) is 0 Å². The fourth-order valence-electron chi connectivity index (χ4n) is 3.49. The van der Waals surface area contributed by atoms with Crippen LogP contribution in [-0.4, -0.2) is 46.5 Å². The van der Waals surface area contributed by atoms with Crippen molar-refractivity contribution in [2.45, 2.75) is 18.9 Å². The van der Waals surface area contributed by atoms with Crippen LogP contribution in [0.25, 0.3) is 11.0 Å². The standard InChI is InChI=1S/C19H20Cl2N6O/c20-14-4-1-5-15(17(14)21)23-9-16(28)26-12-3-2-8-27(10-12)19-13-6-7-22-18(13)24-11-25-19/h1,4-7,11-12,23H,2-3,8-10H2,(H,26,28)(H,22,24,25)/t12-/m0/s1. The number of fused-ring (bicyclic) bond motifs is 1. The first kappa shape index (κ1) is 18.8. The lowest BCUT2D eigenvalue weighted by Gasteiger charge is -2.34. The van der Waals surface area contributed by atoms with E-state index in [1.54, 1.807) is 24.5 Å². The largest absolute Gasteiger partial charge is 0.375 e. The molecule has 3 aromatic rings. The number of carbonyl (C=O) groups excluding carboxylic acids is 1. The Balaban J connectivity index is 1.36. The molecule has 7 nitrogen and oxygen atoms in total. The van der Waals surface area contributed by atoms with Crippen molar-refractivity contribution in [3.63, 3.8) is 0 Å². The average Bonchev–Trinajstić information content (AvgIpc) is 3.18. The van der Waals surface area contributed by atoms with Gasteiger partial charge in [0.1, 0.15) is 17.8 Å². The first-order valence-corrected chi connectivity index (χ1v) is 9.87. The van der Waals surface area contributed by atoms with Crippen LogP contribution in [0.3, 0.4) is 0 Å². The van der Waals surface area contributed by atoms with Crippen molar-refractivity contribution >= 4 is 51.6 Å². The number of carbonyl (C=O) groups is 1. The quantitative estimate of drug-likeness (QED) is 0.590. The third-order valence-electron chi connectivity index (χ3n) is 4.81. The third kappa shape index (κ3) is 4.00. The number of anilines is 2. The molecule has 146 valence electrons. The van der Waals surface area contributed by atoms with Crippen LogP contribution in [0.1, 0.15) is 12.8 Å². The second-order valence-corrected chi connectivity index (χ2v) is 7.53. The molecule has 0 saturated carbocycles. The van der Waals surface area contributed by atoms with E-state index in [1.807, 2.05) is 12.3 Å². The lowest BCUT2D eigenvalue weighted by molar-refractivity contribution is -0.120. The molecule has 1 fully saturated rings. The lowest BCUT2D eigenvalue weighted by Crippen LogP contribution is -2.49. The molecule has 0 aliphatic carbocycles. The van der Waals surface area contributed by atoms with E-state index < -0.39 is 0 Å². The summed E-state index contributed by atoms with van der Waals surface area (Å²) >= 11 is 12.1. The summed E-state index contributed by atoms with van der Waals surface area (Å²) in [5, 5.41) is 8.00. The molecule has 4 rings (SSSR count). The summed E-state index contributed by atoms with van der Waals surface area (Å²) in [6.07, 6.45) is 5.34. The van der Waals surface area contributed by atoms with E-state index in [2.05, 4.69) is 30.5 Å². The molecular formula is C19H20Cl2N6O. The highest BCUT2D eigenvalue weighted by Crippen LogP contribution is 2.29. The number of aromatic nitrogens is 3. The van der Waals surface area contributed by atoms with Gasteiger partial charge in [-0.2, -0.15) is 0 Å². The van der Waals surface area contributed by atoms with Gasteiger partial charge in [-0.1, -0.05) is 29.3 Å². The molecule has 1 atom stereocenters. The Morgan fingerprint density at radius 3 is 3.07 bits per heavy atom. The summed E-state index contributed by atoms with van der Waals surface area (Å²) in [7, 11) is 0. The van der Waals surface area contributed by atoms with Gasteiger partial charge >= 0.3 is 0 Å². The average molecular weight is 419 g/mol. The number of halogens is 2. The van der Waals surface area contributed by atoms with Gasteiger partial charge in [0, 0.05) is 25.3 Å². The van der Waals surface area contributed by atoms with E-state index in [-0.39, 0.29) is 18.5 Å². The molecule has 0 spiro atoms. The number of amides is 1.